The molecule has 128 valence electrons. The number of nitrogens with zero attached hydrogens (tertiary/aromatic N) is 3. The average Bonchev–Trinajstić information content (AvgIpc) is 3.29. The van der Waals surface area contributed by atoms with Gasteiger partial charge in [-0.2, -0.15) is 0 Å². The number of anilines is 1. The van der Waals surface area contributed by atoms with E-state index in [0.717, 1.165) is 51.2 Å². The van der Waals surface area contributed by atoms with Gasteiger partial charge >= 0.3 is 0 Å². The minimum absolute atomic E-state index is 0.113. The van der Waals surface area contributed by atoms with Crippen LogP contribution in [0.25, 0.3) is 10.2 Å². The van der Waals surface area contributed by atoms with Crippen LogP contribution in [0.5, 0.6) is 0 Å². The van der Waals surface area contributed by atoms with Gasteiger partial charge in [-0.1, -0.05) is 46.2 Å². The van der Waals surface area contributed by atoms with Gasteiger partial charge in [0.05, 0.1) is 22.5 Å². The fourth-order valence-electron chi connectivity index (χ4n) is 3.29. The zero-order valence-electron chi connectivity index (χ0n) is 13.7. The van der Waals surface area contributed by atoms with E-state index in [4.69, 9.17) is 4.98 Å². The number of halogens is 1. The largest absolute Gasteiger partial charge is 0.282 e. The number of amides is 1. The molecule has 3 aromatic rings. The van der Waals surface area contributed by atoms with Crippen LogP contribution in [-0.4, -0.2) is 15.9 Å². The van der Waals surface area contributed by atoms with E-state index in [9.17, 15) is 4.79 Å². The number of rotatable bonds is 4. The number of carbonyl (C=O) groups excluding carboxylic acids is 1. The Morgan fingerprint density at radius 2 is 2.08 bits per heavy atom. The number of aromatic nitrogens is 2. The number of hydrogen-bond acceptors (Lipinski definition) is 4. The van der Waals surface area contributed by atoms with Crippen molar-refractivity contribution in [3.05, 3.63) is 52.8 Å². The Balaban J connectivity index is 1.71. The second-order valence-electron chi connectivity index (χ2n) is 6.34. The first-order valence-electron chi connectivity index (χ1n) is 8.48. The lowest BCUT2D eigenvalue weighted by Crippen LogP contribution is -2.35. The van der Waals surface area contributed by atoms with Gasteiger partial charge in [0, 0.05) is 16.6 Å². The molecule has 4 nitrogen and oxygen atoms in total. The zero-order valence-corrected chi connectivity index (χ0v) is 16.1. The third-order valence-corrected chi connectivity index (χ3v) is 6.12. The molecule has 1 aliphatic rings. The lowest BCUT2D eigenvalue weighted by molar-refractivity contribution is -0.122. The molecule has 0 bridgehead atoms. The van der Waals surface area contributed by atoms with Crippen molar-refractivity contribution in [2.24, 2.45) is 5.92 Å². The lowest BCUT2D eigenvalue weighted by atomic mass is 10.1. The molecule has 2 aromatic heterocycles. The van der Waals surface area contributed by atoms with Gasteiger partial charge in [-0.15, -0.1) is 0 Å². The van der Waals surface area contributed by atoms with E-state index in [0.29, 0.717) is 6.54 Å². The Morgan fingerprint density at radius 1 is 1.24 bits per heavy atom. The number of thiazole rings is 1. The van der Waals surface area contributed by atoms with Crippen LogP contribution in [0.1, 0.15) is 31.4 Å². The molecule has 2 heterocycles. The van der Waals surface area contributed by atoms with Gasteiger partial charge in [0.25, 0.3) is 0 Å². The highest BCUT2D eigenvalue weighted by molar-refractivity contribution is 9.10. The number of carbonyl (C=O) groups is 1. The van der Waals surface area contributed by atoms with Gasteiger partial charge in [0.15, 0.2) is 5.13 Å². The van der Waals surface area contributed by atoms with E-state index in [1.165, 1.54) is 0 Å². The van der Waals surface area contributed by atoms with Crippen molar-refractivity contribution in [2.45, 2.75) is 32.2 Å². The summed E-state index contributed by atoms with van der Waals surface area (Å²) >= 11 is 5.07. The maximum atomic E-state index is 13.1. The van der Waals surface area contributed by atoms with Crippen molar-refractivity contribution in [1.82, 2.24) is 9.97 Å². The molecule has 1 fully saturated rings. The quantitative estimate of drug-likeness (QED) is 0.589. The number of hydrogen-bond donors (Lipinski definition) is 0. The zero-order chi connectivity index (χ0) is 17.2. The normalized spacial score (nSPS) is 14.9. The molecular weight excluding hydrogens is 398 g/mol. The minimum atomic E-state index is 0.113. The predicted molar refractivity (Wildman–Crippen MR) is 105 cm³/mol. The standard InChI is InChI=1S/C19H18BrN3OS/c20-14-8-9-16-17(11-14)25-19(22-16)23(12-15-7-3-4-10-21-15)18(24)13-5-1-2-6-13/h3-4,7-11,13H,1-2,5-6,12H2. The van der Waals surface area contributed by atoms with Gasteiger partial charge in [-0.05, 0) is 43.2 Å². The molecule has 0 aliphatic heterocycles. The van der Waals surface area contributed by atoms with E-state index in [1.54, 1.807) is 17.5 Å². The minimum Gasteiger partial charge on any atom is -0.282 e. The number of fused-ring (bicyclic) bond motifs is 1. The van der Waals surface area contributed by atoms with Crippen molar-refractivity contribution in [2.75, 3.05) is 4.90 Å². The summed E-state index contributed by atoms with van der Waals surface area (Å²) in [6.45, 7) is 0.469. The molecule has 1 amide bonds. The van der Waals surface area contributed by atoms with Crippen molar-refractivity contribution < 1.29 is 4.79 Å². The molecule has 0 unspecified atom stereocenters. The van der Waals surface area contributed by atoms with Crippen molar-refractivity contribution in [1.29, 1.82) is 0 Å². The van der Waals surface area contributed by atoms with E-state index in [-0.39, 0.29) is 11.8 Å². The van der Waals surface area contributed by atoms with Gasteiger partial charge < -0.3 is 0 Å². The van der Waals surface area contributed by atoms with Crippen LogP contribution in [0.3, 0.4) is 0 Å². The number of benzene rings is 1. The van der Waals surface area contributed by atoms with Crippen LogP contribution >= 0.6 is 27.3 Å². The summed E-state index contributed by atoms with van der Waals surface area (Å²) < 4.78 is 2.10. The van der Waals surface area contributed by atoms with Gasteiger partial charge in [0.1, 0.15) is 0 Å². The molecule has 0 radical (unpaired) electrons. The van der Waals surface area contributed by atoms with E-state index >= 15 is 0 Å². The van der Waals surface area contributed by atoms with E-state index in [1.807, 2.05) is 35.2 Å². The van der Waals surface area contributed by atoms with E-state index in [2.05, 4.69) is 27.0 Å². The molecule has 4 rings (SSSR count). The van der Waals surface area contributed by atoms with Crippen molar-refractivity contribution in [3.8, 4) is 0 Å². The molecule has 0 spiro atoms. The Morgan fingerprint density at radius 3 is 2.84 bits per heavy atom. The summed E-state index contributed by atoms with van der Waals surface area (Å²) in [7, 11) is 0. The first kappa shape index (κ1) is 16.7. The first-order chi connectivity index (χ1) is 12.2. The van der Waals surface area contributed by atoms with Gasteiger partial charge in [0.2, 0.25) is 5.91 Å². The highest BCUT2D eigenvalue weighted by atomic mass is 79.9. The van der Waals surface area contributed by atoms with Crippen LogP contribution in [0.15, 0.2) is 47.1 Å². The smallest absolute Gasteiger partial charge is 0.232 e. The summed E-state index contributed by atoms with van der Waals surface area (Å²) in [5.41, 5.74) is 1.81. The summed E-state index contributed by atoms with van der Waals surface area (Å²) in [4.78, 5) is 24.1. The van der Waals surface area contributed by atoms with Crippen LogP contribution in [0.4, 0.5) is 5.13 Å². The van der Waals surface area contributed by atoms with Gasteiger partial charge in [-0.3, -0.25) is 14.7 Å². The molecule has 0 atom stereocenters. The molecule has 1 saturated carbocycles. The molecule has 1 aromatic carbocycles. The summed E-state index contributed by atoms with van der Waals surface area (Å²) in [6.07, 6.45) is 6.01. The second kappa shape index (κ2) is 7.22. The third-order valence-electron chi connectivity index (χ3n) is 4.59. The summed E-state index contributed by atoms with van der Waals surface area (Å²) in [5.74, 6) is 0.295. The van der Waals surface area contributed by atoms with Crippen LogP contribution in [0, 0.1) is 5.92 Å². The monoisotopic (exact) mass is 415 g/mol. The molecular formula is C19H18BrN3OS. The molecule has 1 aliphatic carbocycles. The second-order valence-corrected chi connectivity index (χ2v) is 8.26. The Labute approximate surface area is 159 Å². The van der Waals surface area contributed by atoms with Crippen LogP contribution in [-0.2, 0) is 11.3 Å². The van der Waals surface area contributed by atoms with Crippen molar-refractivity contribution >= 4 is 48.5 Å². The Hall–Kier alpha value is -1.79. The fourth-order valence-corrected chi connectivity index (χ4v) is 4.81. The predicted octanol–water partition coefficient (Wildman–Crippen LogP) is 5.18. The highest BCUT2D eigenvalue weighted by Gasteiger charge is 2.30. The fraction of sp³-hybridized carbons (Fsp3) is 0.316. The average molecular weight is 416 g/mol. The van der Waals surface area contributed by atoms with Crippen LogP contribution < -0.4 is 4.90 Å². The summed E-state index contributed by atoms with van der Waals surface area (Å²) in [6, 6.07) is 11.8. The number of pyridine rings is 1. The van der Waals surface area contributed by atoms with E-state index < -0.39 is 0 Å². The third kappa shape index (κ3) is 3.60. The SMILES string of the molecule is O=C(C1CCCC1)N(Cc1ccccn1)c1nc2ccc(Br)cc2s1. The first-order valence-corrected chi connectivity index (χ1v) is 10.1. The Kier molecular flexibility index (Phi) is 4.81. The molecule has 0 N–H and O–H groups in total. The van der Waals surface area contributed by atoms with Gasteiger partial charge in [-0.25, -0.2) is 4.98 Å². The van der Waals surface area contributed by atoms with Crippen molar-refractivity contribution in [3.63, 3.8) is 0 Å². The lowest BCUT2D eigenvalue weighted by Gasteiger charge is -2.22. The maximum absolute atomic E-state index is 13.1. The topological polar surface area (TPSA) is 46.1 Å². The maximum Gasteiger partial charge on any atom is 0.232 e. The highest BCUT2D eigenvalue weighted by Crippen LogP contribution is 2.34. The van der Waals surface area contributed by atoms with Crippen LogP contribution in [0.2, 0.25) is 0 Å². The summed E-state index contributed by atoms with van der Waals surface area (Å²) in [5, 5.41) is 0.760. The molecule has 0 saturated heterocycles. The Bertz CT molecular complexity index is 890. The molecule has 25 heavy (non-hydrogen) atoms. The molecule has 6 heteroatoms.